The summed E-state index contributed by atoms with van der Waals surface area (Å²) in [5.41, 5.74) is 0. The molecule has 0 radical (unpaired) electrons. The van der Waals surface area contributed by atoms with E-state index in [9.17, 15) is 9.90 Å². The molecular weight excluding hydrogens is 240 g/mol. The van der Waals surface area contributed by atoms with Crippen molar-refractivity contribution in [3.63, 3.8) is 0 Å². The number of esters is 1. The average Bonchev–Trinajstić information content (AvgIpc) is 3.03. The van der Waals surface area contributed by atoms with Crippen molar-refractivity contribution in [1.29, 1.82) is 0 Å². The molecule has 3 aliphatic rings. The molecule has 0 amide bonds. The zero-order chi connectivity index (χ0) is 13.1. The van der Waals surface area contributed by atoms with Crippen molar-refractivity contribution in [2.24, 2.45) is 11.8 Å². The summed E-state index contributed by atoms with van der Waals surface area (Å²) >= 11 is 0. The third-order valence-electron chi connectivity index (χ3n) is 3.92. The van der Waals surface area contributed by atoms with Crippen LogP contribution in [0.1, 0.15) is 13.8 Å². The van der Waals surface area contributed by atoms with Crippen LogP contribution in [0.25, 0.3) is 0 Å². The van der Waals surface area contributed by atoms with Crippen molar-refractivity contribution in [1.82, 2.24) is 0 Å². The summed E-state index contributed by atoms with van der Waals surface area (Å²) in [6, 6.07) is 0. The van der Waals surface area contributed by atoms with E-state index < -0.39 is 18.0 Å². The Labute approximate surface area is 105 Å². The lowest BCUT2D eigenvalue weighted by atomic mass is 9.99. The van der Waals surface area contributed by atoms with Crippen LogP contribution in [-0.4, -0.2) is 55.0 Å². The Kier molecular flexibility index (Phi) is 2.68. The fraction of sp³-hybridized carbons (Fsp3) is 0.917. The van der Waals surface area contributed by atoms with Crippen molar-refractivity contribution in [3.05, 3.63) is 0 Å². The van der Waals surface area contributed by atoms with Gasteiger partial charge in [0.2, 0.25) is 0 Å². The Morgan fingerprint density at radius 1 is 1.39 bits per heavy atom. The van der Waals surface area contributed by atoms with Gasteiger partial charge >= 0.3 is 5.97 Å². The minimum Gasteiger partial charge on any atom is -0.469 e. The molecule has 3 rings (SSSR count). The highest BCUT2D eigenvalue weighted by Crippen LogP contribution is 2.52. The lowest BCUT2D eigenvalue weighted by Gasteiger charge is -2.44. The third kappa shape index (κ3) is 1.75. The second-order valence-electron chi connectivity index (χ2n) is 5.55. The summed E-state index contributed by atoms with van der Waals surface area (Å²) < 4.78 is 21.7. The second-order valence-corrected chi connectivity index (χ2v) is 5.55. The van der Waals surface area contributed by atoms with Crippen molar-refractivity contribution < 1.29 is 28.8 Å². The number of hydrogen-bond acceptors (Lipinski definition) is 6. The minimum absolute atomic E-state index is 0.215. The number of carbonyl (C=O) groups excluding carboxylic acids is 1. The Bertz CT molecular complexity index is 368. The van der Waals surface area contributed by atoms with Crippen LogP contribution in [0.4, 0.5) is 0 Å². The van der Waals surface area contributed by atoms with Crippen LogP contribution in [0.3, 0.4) is 0 Å². The van der Waals surface area contributed by atoms with Crippen LogP contribution in [0.2, 0.25) is 0 Å². The first-order valence-electron chi connectivity index (χ1n) is 6.18. The van der Waals surface area contributed by atoms with Crippen LogP contribution in [0.15, 0.2) is 0 Å². The summed E-state index contributed by atoms with van der Waals surface area (Å²) in [6.45, 7) is 3.96. The first-order chi connectivity index (χ1) is 8.44. The van der Waals surface area contributed by atoms with Crippen molar-refractivity contribution >= 4 is 5.97 Å². The normalized spacial score (nSPS) is 48.9. The number of rotatable bonds is 1. The molecule has 3 fully saturated rings. The molecule has 0 aromatic heterocycles. The zero-order valence-electron chi connectivity index (χ0n) is 10.7. The molecule has 0 bridgehead atoms. The molecule has 0 aromatic carbocycles. The van der Waals surface area contributed by atoms with E-state index in [-0.39, 0.29) is 30.0 Å². The van der Waals surface area contributed by atoms with Gasteiger partial charge in [0.15, 0.2) is 5.79 Å². The second kappa shape index (κ2) is 3.90. The third-order valence-corrected chi connectivity index (χ3v) is 3.92. The van der Waals surface area contributed by atoms with Gasteiger partial charge in [-0.3, -0.25) is 4.79 Å². The number of aliphatic hydroxyl groups is 1. The van der Waals surface area contributed by atoms with Crippen LogP contribution >= 0.6 is 0 Å². The molecular formula is C12H18O6. The van der Waals surface area contributed by atoms with Gasteiger partial charge in [0.05, 0.1) is 31.8 Å². The average molecular weight is 258 g/mol. The highest BCUT2D eigenvalue weighted by atomic mass is 16.7. The Hall–Kier alpha value is -0.690. The number of aliphatic hydroxyl groups excluding tert-OH is 1. The van der Waals surface area contributed by atoms with E-state index in [1.165, 1.54) is 7.11 Å². The van der Waals surface area contributed by atoms with E-state index >= 15 is 0 Å². The van der Waals surface area contributed by atoms with Gasteiger partial charge in [-0.05, 0) is 13.8 Å². The quantitative estimate of drug-likeness (QED) is 0.650. The number of ether oxygens (including phenoxy) is 4. The van der Waals surface area contributed by atoms with Gasteiger partial charge in [0.1, 0.15) is 12.2 Å². The Morgan fingerprint density at radius 2 is 2.11 bits per heavy atom. The molecule has 1 aliphatic carbocycles. The fourth-order valence-electron chi connectivity index (χ4n) is 2.96. The monoisotopic (exact) mass is 258 g/mol. The molecule has 2 saturated heterocycles. The topological polar surface area (TPSA) is 74.2 Å². The van der Waals surface area contributed by atoms with Gasteiger partial charge in [-0.2, -0.15) is 0 Å². The Morgan fingerprint density at radius 3 is 2.78 bits per heavy atom. The summed E-state index contributed by atoms with van der Waals surface area (Å²) in [4.78, 5) is 11.5. The maximum Gasteiger partial charge on any atom is 0.311 e. The highest BCUT2D eigenvalue weighted by Gasteiger charge is 2.67. The van der Waals surface area contributed by atoms with Crippen LogP contribution in [0, 0.1) is 11.8 Å². The molecule has 0 spiro atoms. The van der Waals surface area contributed by atoms with Crippen LogP contribution in [0.5, 0.6) is 0 Å². The summed E-state index contributed by atoms with van der Waals surface area (Å²) in [5.74, 6) is -1.65. The molecule has 1 N–H and O–H groups in total. The largest absolute Gasteiger partial charge is 0.469 e. The van der Waals surface area contributed by atoms with E-state index in [0.29, 0.717) is 6.61 Å². The van der Waals surface area contributed by atoms with Gasteiger partial charge < -0.3 is 24.1 Å². The molecule has 102 valence electrons. The predicted molar refractivity (Wildman–Crippen MR) is 58.6 cm³/mol. The fourth-order valence-corrected chi connectivity index (χ4v) is 2.96. The summed E-state index contributed by atoms with van der Waals surface area (Å²) in [7, 11) is 1.34. The van der Waals surface area contributed by atoms with E-state index in [0.717, 1.165) is 0 Å². The van der Waals surface area contributed by atoms with Crippen molar-refractivity contribution in [3.8, 4) is 0 Å². The van der Waals surface area contributed by atoms with E-state index in [1.807, 2.05) is 0 Å². The first-order valence-corrected chi connectivity index (χ1v) is 6.18. The molecule has 2 heterocycles. The Balaban J connectivity index is 1.75. The molecule has 1 saturated carbocycles. The maximum atomic E-state index is 11.5. The van der Waals surface area contributed by atoms with Gasteiger partial charge in [-0.25, -0.2) is 0 Å². The minimum atomic E-state index is -0.728. The predicted octanol–water partition coefficient (Wildman–Crippen LogP) is -0.315. The molecule has 0 unspecified atom stereocenters. The lowest BCUT2D eigenvalue weighted by Crippen LogP contribution is -2.57. The number of fused-ring (bicyclic) bond motifs is 2. The van der Waals surface area contributed by atoms with Crippen molar-refractivity contribution in [2.75, 3.05) is 13.7 Å². The van der Waals surface area contributed by atoms with Gasteiger partial charge in [0.25, 0.3) is 0 Å². The molecule has 0 aromatic rings. The summed E-state index contributed by atoms with van der Waals surface area (Å²) in [5, 5.41) is 10.3. The molecule has 6 nitrogen and oxygen atoms in total. The molecule has 6 heteroatoms. The lowest BCUT2D eigenvalue weighted by molar-refractivity contribution is -0.337. The van der Waals surface area contributed by atoms with Crippen molar-refractivity contribution in [2.45, 2.75) is 44.1 Å². The van der Waals surface area contributed by atoms with Crippen LogP contribution in [-0.2, 0) is 23.7 Å². The SMILES string of the molecule is COC(=O)[C@@H]1[C@H]2O[C@@H]3COC(C)(C)O[C@H]3[C@H](O)[C@H]21. The maximum absolute atomic E-state index is 11.5. The van der Waals surface area contributed by atoms with Gasteiger partial charge in [-0.1, -0.05) is 0 Å². The van der Waals surface area contributed by atoms with E-state index in [2.05, 4.69) is 0 Å². The molecule has 2 aliphatic heterocycles. The highest BCUT2D eigenvalue weighted by molar-refractivity contribution is 5.77. The van der Waals surface area contributed by atoms with E-state index in [4.69, 9.17) is 18.9 Å². The first kappa shape index (κ1) is 12.3. The number of hydrogen-bond donors (Lipinski definition) is 1. The standard InChI is InChI=1S/C12H18O6/c1-12(2)16-4-5-9(18-12)8(13)6-7(10(6)17-5)11(14)15-3/h5-10,13H,4H2,1-3H3/t5-,6-,7+,8-,9-,10+/m1/s1. The number of carbonyl (C=O) groups is 1. The van der Waals surface area contributed by atoms with E-state index in [1.54, 1.807) is 13.8 Å². The smallest absolute Gasteiger partial charge is 0.311 e. The van der Waals surface area contributed by atoms with Crippen LogP contribution < -0.4 is 0 Å². The van der Waals surface area contributed by atoms with Gasteiger partial charge in [0, 0.05) is 5.92 Å². The summed E-state index contributed by atoms with van der Waals surface area (Å²) in [6.07, 6.45) is -1.73. The zero-order valence-corrected chi connectivity index (χ0v) is 10.7. The molecule has 6 atom stereocenters. The van der Waals surface area contributed by atoms with Gasteiger partial charge in [-0.15, -0.1) is 0 Å². The number of methoxy groups -OCH3 is 1. The molecule has 18 heavy (non-hydrogen) atoms.